The third kappa shape index (κ3) is 6.09. The number of halogens is 1. The Labute approximate surface area is 166 Å². The molecule has 29 heavy (non-hydrogen) atoms. The Bertz CT molecular complexity index is 946. The SMILES string of the molecule is CN(C)c1ccc(C=NNC(=O)CCNC(=O)c2ccccc2F)cc1[N+](=O)[O-]. The molecule has 2 rings (SSSR count). The molecule has 0 bridgehead atoms. The lowest BCUT2D eigenvalue weighted by atomic mass is 10.2. The van der Waals surface area contributed by atoms with Crippen LogP contribution in [0.15, 0.2) is 47.6 Å². The van der Waals surface area contributed by atoms with E-state index < -0.39 is 22.6 Å². The van der Waals surface area contributed by atoms with Gasteiger partial charge in [-0.2, -0.15) is 5.10 Å². The van der Waals surface area contributed by atoms with Crippen molar-refractivity contribution in [2.24, 2.45) is 5.10 Å². The van der Waals surface area contributed by atoms with E-state index in [1.54, 1.807) is 31.1 Å². The van der Waals surface area contributed by atoms with E-state index in [0.29, 0.717) is 11.3 Å². The van der Waals surface area contributed by atoms with Crippen LogP contribution in [0.5, 0.6) is 0 Å². The first-order valence-corrected chi connectivity index (χ1v) is 8.60. The summed E-state index contributed by atoms with van der Waals surface area (Å²) in [5.41, 5.74) is 2.97. The average molecular weight is 401 g/mol. The second kappa shape index (κ2) is 9.93. The van der Waals surface area contributed by atoms with Crippen molar-refractivity contribution in [2.45, 2.75) is 6.42 Å². The van der Waals surface area contributed by atoms with Gasteiger partial charge in [0.05, 0.1) is 16.7 Å². The van der Waals surface area contributed by atoms with E-state index in [2.05, 4.69) is 15.8 Å². The highest BCUT2D eigenvalue weighted by Gasteiger charge is 2.15. The van der Waals surface area contributed by atoms with Gasteiger partial charge < -0.3 is 10.2 Å². The fraction of sp³-hybridized carbons (Fsp3) is 0.211. The molecule has 2 N–H and O–H groups in total. The number of benzene rings is 2. The number of nitrogens with one attached hydrogen (secondary N) is 2. The third-order valence-corrected chi connectivity index (χ3v) is 3.84. The lowest BCUT2D eigenvalue weighted by molar-refractivity contribution is -0.384. The Morgan fingerprint density at radius 1 is 1.24 bits per heavy atom. The Morgan fingerprint density at radius 3 is 2.62 bits per heavy atom. The monoisotopic (exact) mass is 401 g/mol. The van der Waals surface area contributed by atoms with Gasteiger partial charge in [0.15, 0.2) is 0 Å². The molecule has 2 aromatic carbocycles. The number of rotatable bonds is 8. The molecular formula is C19H20FN5O4. The molecule has 0 heterocycles. The molecule has 0 saturated carbocycles. The van der Waals surface area contributed by atoms with Crippen LogP contribution in [-0.2, 0) is 4.79 Å². The molecule has 0 fully saturated rings. The number of hydrazone groups is 1. The molecule has 0 atom stereocenters. The fourth-order valence-electron chi connectivity index (χ4n) is 2.41. The Kier molecular flexibility index (Phi) is 7.35. The summed E-state index contributed by atoms with van der Waals surface area (Å²) in [5.74, 6) is -1.74. The lowest BCUT2D eigenvalue weighted by Crippen LogP contribution is -2.29. The second-order valence-corrected chi connectivity index (χ2v) is 6.18. The maximum atomic E-state index is 13.5. The van der Waals surface area contributed by atoms with E-state index in [4.69, 9.17) is 0 Å². The summed E-state index contributed by atoms with van der Waals surface area (Å²) in [6, 6.07) is 10.1. The molecule has 152 valence electrons. The Morgan fingerprint density at radius 2 is 1.97 bits per heavy atom. The van der Waals surface area contributed by atoms with E-state index in [1.165, 1.54) is 36.5 Å². The maximum Gasteiger partial charge on any atom is 0.293 e. The van der Waals surface area contributed by atoms with Crippen molar-refractivity contribution in [1.29, 1.82) is 0 Å². The highest BCUT2D eigenvalue weighted by Crippen LogP contribution is 2.27. The summed E-state index contributed by atoms with van der Waals surface area (Å²) >= 11 is 0. The average Bonchev–Trinajstić information content (AvgIpc) is 2.68. The predicted molar refractivity (Wildman–Crippen MR) is 107 cm³/mol. The largest absolute Gasteiger partial charge is 0.372 e. The number of carbonyl (C=O) groups is 2. The van der Waals surface area contributed by atoms with Crippen LogP contribution in [0.4, 0.5) is 15.8 Å². The van der Waals surface area contributed by atoms with Crippen molar-refractivity contribution in [3.8, 4) is 0 Å². The zero-order chi connectivity index (χ0) is 21.4. The predicted octanol–water partition coefficient (Wildman–Crippen LogP) is 2.07. The molecule has 9 nitrogen and oxygen atoms in total. The van der Waals surface area contributed by atoms with Crippen molar-refractivity contribution in [1.82, 2.24) is 10.7 Å². The molecule has 0 aliphatic rings. The first kappa shape index (κ1) is 21.5. The quantitative estimate of drug-likeness (QED) is 0.399. The minimum Gasteiger partial charge on any atom is -0.372 e. The molecule has 2 aromatic rings. The van der Waals surface area contributed by atoms with Gasteiger partial charge in [0.2, 0.25) is 5.91 Å². The minimum atomic E-state index is -0.645. The van der Waals surface area contributed by atoms with Gasteiger partial charge >= 0.3 is 0 Å². The Hall–Kier alpha value is -3.82. The van der Waals surface area contributed by atoms with Crippen molar-refractivity contribution in [3.05, 3.63) is 69.5 Å². The van der Waals surface area contributed by atoms with Crippen LogP contribution in [0, 0.1) is 15.9 Å². The first-order chi connectivity index (χ1) is 13.8. The van der Waals surface area contributed by atoms with E-state index in [0.717, 1.165) is 0 Å². The third-order valence-electron chi connectivity index (χ3n) is 3.84. The molecule has 0 unspecified atom stereocenters. The molecule has 2 amide bonds. The summed E-state index contributed by atoms with van der Waals surface area (Å²) in [7, 11) is 3.39. The molecule has 0 aromatic heterocycles. The number of nitro benzene ring substituents is 1. The lowest BCUT2D eigenvalue weighted by Gasteiger charge is -2.12. The highest BCUT2D eigenvalue weighted by atomic mass is 19.1. The van der Waals surface area contributed by atoms with Crippen LogP contribution in [0.25, 0.3) is 0 Å². The fourth-order valence-corrected chi connectivity index (χ4v) is 2.41. The molecule has 0 aliphatic carbocycles. The van der Waals surface area contributed by atoms with Gasteiger partial charge in [0, 0.05) is 38.7 Å². The standard InChI is InChI=1S/C19H20FN5O4/c1-24(2)16-8-7-13(11-17(16)25(28)29)12-22-23-18(26)9-10-21-19(27)14-5-3-4-6-15(14)20/h3-8,11-12H,9-10H2,1-2H3,(H,21,27)(H,23,26). The normalized spacial score (nSPS) is 10.6. The molecule has 0 radical (unpaired) electrons. The van der Waals surface area contributed by atoms with Crippen molar-refractivity contribution < 1.29 is 18.9 Å². The van der Waals surface area contributed by atoms with Gasteiger partial charge in [0.1, 0.15) is 11.5 Å². The topological polar surface area (TPSA) is 117 Å². The van der Waals surface area contributed by atoms with E-state index in [1.807, 2.05) is 0 Å². The van der Waals surface area contributed by atoms with Gasteiger partial charge in [-0.3, -0.25) is 19.7 Å². The number of hydrogen-bond donors (Lipinski definition) is 2. The van der Waals surface area contributed by atoms with Crippen LogP contribution in [-0.4, -0.2) is 43.6 Å². The second-order valence-electron chi connectivity index (χ2n) is 6.18. The minimum absolute atomic E-state index is 0.00246. The smallest absolute Gasteiger partial charge is 0.293 e. The summed E-state index contributed by atoms with van der Waals surface area (Å²) in [6.07, 6.45) is 1.21. The summed E-state index contributed by atoms with van der Waals surface area (Å²) in [5, 5.41) is 17.4. The molecule has 0 aliphatic heterocycles. The summed E-state index contributed by atoms with van der Waals surface area (Å²) in [6.45, 7) is -0.00246. The van der Waals surface area contributed by atoms with Gasteiger partial charge in [-0.25, -0.2) is 9.82 Å². The van der Waals surface area contributed by atoms with Gasteiger partial charge in [-0.05, 0) is 18.2 Å². The summed E-state index contributed by atoms with van der Waals surface area (Å²) < 4.78 is 13.5. The van der Waals surface area contributed by atoms with Crippen LogP contribution in [0.3, 0.4) is 0 Å². The first-order valence-electron chi connectivity index (χ1n) is 8.60. The maximum absolute atomic E-state index is 13.5. The number of carbonyl (C=O) groups excluding carboxylic acids is 2. The van der Waals surface area contributed by atoms with E-state index in [-0.39, 0.29) is 24.2 Å². The van der Waals surface area contributed by atoms with Crippen LogP contribution >= 0.6 is 0 Å². The van der Waals surface area contributed by atoms with E-state index >= 15 is 0 Å². The van der Waals surface area contributed by atoms with Crippen molar-refractivity contribution in [2.75, 3.05) is 25.5 Å². The number of nitrogens with zero attached hydrogens (tertiary/aromatic N) is 3. The number of hydrogen-bond acceptors (Lipinski definition) is 6. The Balaban J connectivity index is 1.85. The van der Waals surface area contributed by atoms with Crippen LogP contribution < -0.4 is 15.6 Å². The number of anilines is 1. The molecular weight excluding hydrogens is 381 g/mol. The van der Waals surface area contributed by atoms with Crippen molar-refractivity contribution >= 4 is 29.4 Å². The molecule has 10 heteroatoms. The zero-order valence-corrected chi connectivity index (χ0v) is 15.9. The number of amides is 2. The van der Waals surface area contributed by atoms with Gasteiger partial charge in [0.25, 0.3) is 11.6 Å². The van der Waals surface area contributed by atoms with Crippen LogP contribution in [0.2, 0.25) is 0 Å². The van der Waals surface area contributed by atoms with E-state index in [9.17, 15) is 24.1 Å². The van der Waals surface area contributed by atoms with Crippen LogP contribution in [0.1, 0.15) is 22.3 Å². The van der Waals surface area contributed by atoms with Gasteiger partial charge in [-0.1, -0.05) is 18.2 Å². The number of nitro groups is 1. The van der Waals surface area contributed by atoms with Crippen molar-refractivity contribution in [3.63, 3.8) is 0 Å². The highest BCUT2D eigenvalue weighted by molar-refractivity contribution is 5.94. The zero-order valence-electron chi connectivity index (χ0n) is 15.9. The summed E-state index contributed by atoms with van der Waals surface area (Å²) in [4.78, 5) is 35.9. The molecule has 0 saturated heterocycles. The molecule has 0 spiro atoms. The van der Waals surface area contributed by atoms with Gasteiger partial charge in [-0.15, -0.1) is 0 Å².